The summed E-state index contributed by atoms with van der Waals surface area (Å²) >= 11 is 0. The van der Waals surface area contributed by atoms with Crippen LogP contribution in [0.15, 0.2) is 18.2 Å². The molecule has 0 spiro atoms. The fourth-order valence-electron chi connectivity index (χ4n) is 2.95. The zero-order chi connectivity index (χ0) is 17.4. The van der Waals surface area contributed by atoms with E-state index in [4.69, 9.17) is 9.47 Å². The highest BCUT2D eigenvalue weighted by Crippen LogP contribution is 2.20. The number of amides is 1. The standard InChI is InChI=1S/C18H27FN2O3/c1-20-12-14-5-7-21(8-6-14)18(22)15-3-4-17(19)16(11-15)13-24-10-9-23-2/h3-4,11,14,20H,5-10,12-13H2,1-2H3. The molecule has 0 unspecified atom stereocenters. The van der Waals surface area contributed by atoms with Crippen LogP contribution in [0.1, 0.15) is 28.8 Å². The van der Waals surface area contributed by atoms with Gasteiger partial charge in [0.05, 0.1) is 19.8 Å². The molecule has 1 saturated heterocycles. The third-order valence-corrected chi connectivity index (χ3v) is 4.38. The van der Waals surface area contributed by atoms with Crippen LogP contribution in [0, 0.1) is 11.7 Å². The van der Waals surface area contributed by atoms with Gasteiger partial charge in [0.1, 0.15) is 5.82 Å². The fourth-order valence-corrected chi connectivity index (χ4v) is 2.95. The van der Waals surface area contributed by atoms with Crippen LogP contribution in [0.25, 0.3) is 0 Å². The van der Waals surface area contributed by atoms with Crippen molar-refractivity contribution in [1.82, 2.24) is 10.2 Å². The molecule has 2 rings (SSSR count). The zero-order valence-electron chi connectivity index (χ0n) is 14.5. The van der Waals surface area contributed by atoms with Crippen molar-refractivity contribution in [2.45, 2.75) is 19.4 Å². The minimum absolute atomic E-state index is 0.0314. The van der Waals surface area contributed by atoms with Crippen LogP contribution in [0.5, 0.6) is 0 Å². The molecule has 1 heterocycles. The van der Waals surface area contributed by atoms with Gasteiger partial charge >= 0.3 is 0 Å². The molecular formula is C18H27FN2O3. The molecular weight excluding hydrogens is 311 g/mol. The van der Waals surface area contributed by atoms with Crippen LogP contribution in [0.2, 0.25) is 0 Å². The summed E-state index contributed by atoms with van der Waals surface area (Å²) in [6.45, 7) is 3.49. The van der Waals surface area contributed by atoms with Gasteiger partial charge in [-0.3, -0.25) is 4.79 Å². The molecule has 1 aliphatic heterocycles. The molecule has 0 radical (unpaired) electrons. The predicted octanol–water partition coefficient (Wildman–Crippen LogP) is 2.06. The highest BCUT2D eigenvalue weighted by atomic mass is 19.1. The summed E-state index contributed by atoms with van der Waals surface area (Å²) < 4.78 is 24.1. The third kappa shape index (κ3) is 5.26. The van der Waals surface area contributed by atoms with Gasteiger partial charge < -0.3 is 19.7 Å². The van der Waals surface area contributed by atoms with Crippen molar-refractivity contribution in [3.05, 3.63) is 35.1 Å². The smallest absolute Gasteiger partial charge is 0.253 e. The van der Waals surface area contributed by atoms with Gasteiger partial charge in [0, 0.05) is 31.3 Å². The molecule has 0 aromatic heterocycles. The van der Waals surface area contributed by atoms with Gasteiger partial charge in [-0.2, -0.15) is 0 Å². The maximum absolute atomic E-state index is 13.9. The van der Waals surface area contributed by atoms with Gasteiger partial charge in [-0.25, -0.2) is 4.39 Å². The molecule has 134 valence electrons. The molecule has 6 heteroatoms. The summed E-state index contributed by atoms with van der Waals surface area (Å²) in [5.74, 6) is 0.241. The Bertz CT molecular complexity index is 531. The number of halogens is 1. The van der Waals surface area contributed by atoms with Gasteiger partial charge in [0.15, 0.2) is 0 Å². The van der Waals surface area contributed by atoms with E-state index in [1.807, 2.05) is 11.9 Å². The zero-order valence-corrected chi connectivity index (χ0v) is 14.5. The Balaban J connectivity index is 1.94. The first kappa shape index (κ1) is 18.8. The van der Waals surface area contributed by atoms with Crippen LogP contribution in [-0.4, -0.2) is 57.8 Å². The maximum atomic E-state index is 13.9. The van der Waals surface area contributed by atoms with Crippen molar-refractivity contribution >= 4 is 5.91 Å². The van der Waals surface area contributed by atoms with Crippen LogP contribution < -0.4 is 5.32 Å². The minimum Gasteiger partial charge on any atom is -0.382 e. The van der Waals surface area contributed by atoms with Crippen molar-refractivity contribution in [3.8, 4) is 0 Å². The Hall–Kier alpha value is -1.50. The van der Waals surface area contributed by atoms with Crippen molar-refractivity contribution in [2.24, 2.45) is 5.92 Å². The second-order valence-corrected chi connectivity index (χ2v) is 6.14. The van der Waals surface area contributed by atoms with Crippen LogP contribution in [-0.2, 0) is 16.1 Å². The summed E-state index contributed by atoms with van der Waals surface area (Å²) in [6, 6.07) is 4.50. The Morgan fingerprint density at radius 2 is 2.08 bits per heavy atom. The number of piperidine rings is 1. The number of carbonyl (C=O) groups is 1. The molecule has 0 bridgehead atoms. The molecule has 24 heavy (non-hydrogen) atoms. The molecule has 0 saturated carbocycles. The van der Waals surface area contributed by atoms with E-state index in [1.54, 1.807) is 19.2 Å². The topological polar surface area (TPSA) is 50.8 Å². The number of rotatable bonds is 8. The number of hydrogen-bond donors (Lipinski definition) is 1. The number of nitrogens with zero attached hydrogens (tertiary/aromatic N) is 1. The Kier molecular flexibility index (Phi) is 7.62. The largest absolute Gasteiger partial charge is 0.382 e. The number of likely N-dealkylation sites (tertiary alicyclic amines) is 1. The van der Waals surface area contributed by atoms with E-state index in [1.165, 1.54) is 6.07 Å². The molecule has 1 fully saturated rings. The molecule has 1 amide bonds. The predicted molar refractivity (Wildman–Crippen MR) is 90.5 cm³/mol. The van der Waals surface area contributed by atoms with E-state index in [0.717, 1.165) is 32.5 Å². The van der Waals surface area contributed by atoms with E-state index >= 15 is 0 Å². The van der Waals surface area contributed by atoms with E-state index in [9.17, 15) is 9.18 Å². The highest BCUT2D eigenvalue weighted by Gasteiger charge is 2.23. The van der Waals surface area contributed by atoms with Gasteiger partial charge in [-0.05, 0) is 50.6 Å². The van der Waals surface area contributed by atoms with Crippen molar-refractivity contribution in [2.75, 3.05) is 47.0 Å². The molecule has 1 aromatic carbocycles. The number of ether oxygens (including phenoxy) is 2. The number of carbonyl (C=O) groups excluding carboxylic acids is 1. The SMILES string of the molecule is CNCC1CCN(C(=O)c2ccc(F)c(COCCOC)c2)CC1. The molecule has 5 nitrogen and oxygen atoms in total. The molecule has 1 aromatic rings. The highest BCUT2D eigenvalue weighted by molar-refractivity contribution is 5.94. The number of methoxy groups -OCH3 is 1. The monoisotopic (exact) mass is 338 g/mol. The summed E-state index contributed by atoms with van der Waals surface area (Å²) in [6.07, 6.45) is 2.00. The van der Waals surface area contributed by atoms with Gasteiger partial charge in [-0.15, -0.1) is 0 Å². The molecule has 0 aliphatic carbocycles. The van der Waals surface area contributed by atoms with Crippen LogP contribution >= 0.6 is 0 Å². The summed E-state index contributed by atoms with van der Waals surface area (Å²) in [7, 11) is 3.54. The first-order valence-electron chi connectivity index (χ1n) is 8.44. The Labute approximate surface area is 143 Å². The van der Waals surface area contributed by atoms with Crippen LogP contribution in [0.3, 0.4) is 0 Å². The maximum Gasteiger partial charge on any atom is 0.253 e. The summed E-state index contributed by atoms with van der Waals surface area (Å²) in [5, 5.41) is 3.19. The average Bonchev–Trinajstić information content (AvgIpc) is 2.60. The lowest BCUT2D eigenvalue weighted by molar-refractivity contribution is 0.0602. The van der Waals surface area contributed by atoms with Crippen LogP contribution in [0.4, 0.5) is 4.39 Å². The lowest BCUT2D eigenvalue weighted by atomic mass is 9.96. The van der Waals surface area contributed by atoms with Gasteiger partial charge in [-0.1, -0.05) is 0 Å². The minimum atomic E-state index is -0.350. The van der Waals surface area contributed by atoms with Gasteiger partial charge in [0.2, 0.25) is 0 Å². The van der Waals surface area contributed by atoms with E-state index < -0.39 is 0 Å². The van der Waals surface area contributed by atoms with Crippen molar-refractivity contribution in [1.29, 1.82) is 0 Å². The Morgan fingerprint density at radius 3 is 2.75 bits per heavy atom. The Morgan fingerprint density at radius 1 is 1.33 bits per heavy atom. The van der Waals surface area contributed by atoms with E-state index in [2.05, 4.69) is 5.32 Å². The van der Waals surface area contributed by atoms with E-state index in [0.29, 0.717) is 30.3 Å². The normalized spacial score (nSPS) is 15.7. The number of nitrogens with one attached hydrogen (secondary N) is 1. The molecule has 1 aliphatic rings. The van der Waals surface area contributed by atoms with E-state index in [-0.39, 0.29) is 18.3 Å². The summed E-state index contributed by atoms with van der Waals surface area (Å²) in [4.78, 5) is 14.5. The molecule has 0 atom stereocenters. The first-order valence-corrected chi connectivity index (χ1v) is 8.44. The fraction of sp³-hybridized carbons (Fsp3) is 0.611. The van der Waals surface area contributed by atoms with Crippen molar-refractivity contribution < 1.29 is 18.7 Å². The van der Waals surface area contributed by atoms with Gasteiger partial charge in [0.25, 0.3) is 5.91 Å². The lowest BCUT2D eigenvalue weighted by Crippen LogP contribution is -2.40. The average molecular weight is 338 g/mol. The number of benzene rings is 1. The number of hydrogen-bond acceptors (Lipinski definition) is 4. The third-order valence-electron chi connectivity index (χ3n) is 4.38. The second-order valence-electron chi connectivity index (χ2n) is 6.14. The molecule has 1 N–H and O–H groups in total. The summed E-state index contributed by atoms with van der Waals surface area (Å²) in [5.41, 5.74) is 0.927. The second kappa shape index (κ2) is 9.71. The van der Waals surface area contributed by atoms with Crippen molar-refractivity contribution in [3.63, 3.8) is 0 Å². The first-order chi connectivity index (χ1) is 11.7. The lowest BCUT2D eigenvalue weighted by Gasteiger charge is -2.32. The quantitative estimate of drug-likeness (QED) is 0.737.